The van der Waals surface area contributed by atoms with E-state index in [4.69, 9.17) is 19.7 Å². The fourth-order valence-corrected chi connectivity index (χ4v) is 1.77. The van der Waals surface area contributed by atoms with Crippen molar-refractivity contribution in [2.75, 3.05) is 13.2 Å². The standard InChI is InChI=1S/C16H14O6/c17-15(18)11-8-12(16(19)20)10-14(9-11)22-7-6-21-13-4-2-1-3-5-13/h1-5,8-10H,6-7H2,(H,17,18)(H,19,20). The van der Waals surface area contributed by atoms with E-state index in [0.717, 1.165) is 6.07 Å². The van der Waals surface area contributed by atoms with Gasteiger partial charge in [0, 0.05) is 0 Å². The van der Waals surface area contributed by atoms with E-state index in [9.17, 15) is 9.59 Å². The van der Waals surface area contributed by atoms with Gasteiger partial charge in [0.1, 0.15) is 24.7 Å². The van der Waals surface area contributed by atoms with Crippen LogP contribution in [-0.4, -0.2) is 35.4 Å². The predicted molar refractivity (Wildman–Crippen MR) is 77.8 cm³/mol. The zero-order chi connectivity index (χ0) is 15.9. The number of carbonyl (C=O) groups is 2. The molecular formula is C16H14O6. The molecule has 0 saturated carbocycles. The smallest absolute Gasteiger partial charge is 0.335 e. The van der Waals surface area contributed by atoms with E-state index >= 15 is 0 Å². The summed E-state index contributed by atoms with van der Waals surface area (Å²) in [5.41, 5.74) is -0.280. The summed E-state index contributed by atoms with van der Waals surface area (Å²) in [6, 6.07) is 12.8. The fraction of sp³-hybridized carbons (Fsp3) is 0.125. The number of aromatic carboxylic acids is 2. The van der Waals surface area contributed by atoms with Crippen molar-refractivity contribution in [1.82, 2.24) is 0 Å². The average Bonchev–Trinajstić information content (AvgIpc) is 2.52. The highest BCUT2D eigenvalue weighted by Gasteiger charge is 2.12. The number of carboxylic acid groups (broad SMARTS) is 2. The number of ether oxygens (including phenoxy) is 2. The molecule has 0 unspecified atom stereocenters. The van der Waals surface area contributed by atoms with Crippen molar-refractivity contribution < 1.29 is 29.3 Å². The molecule has 2 rings (SSSR count). The Balaban J connectivity index is 1.97. The number of hydrogen-bond acceptors (Lipinski definition) is 4. The van der Waals surface area contributed by atoms with Gasteiger partial charge < -0.3 is 19.7 Å². The van der Waals surface area contributed by atoms with Crippen molar-refractivity contribution in [2.45, 2.75) is 0 Å². The molecule has 0 atom stereocenters. The summed E-state index contributed by atoms with van der Waals surface area (Å²) in [5.74, 6) is -1.56. The minimum atomic E-state index is -1.21. The molecule has 0 radical (unpaired) electrons. The Kier molecular flexibility index (Phi) is 4.98. The lowest BCUT2D eigenvalue weighted by Crippen LogP contribution is -2.10. The van der Waals surface area contributed by atoms with Crippen LogP contribution in [0, 0.1) is 0 Å². The molecule has 0 aliphatic heterocycles. The molecule has 0 aromatic heterocycles. The van der Waals surface area contributed by atoms with E-state index in [1.54, 1.807) is 12.1 Å². The van der Waals surface area contributed by atoms with Crippen molar-refractivity contribution in [1.29, 1.82) is 0 Å². The van der Waals surface area contributed by atoms with Crippen molar-refractivity contribution in [3.8, 4) is 11.5 Å². The molecule has 0 bridgehead atoms. The number of hydrogen-bond donors (Lipinski definition) is 2. The summed E-state index contributed by atoms with van der Waals surface area (Å²) in [7, 11) is 0. The second-order valence-electron chi connectivity index (χ2n) is 4.37. The summed E-state index contributed by atoms with van der Waals surface area (Å²) in [5, 5.41) is 17.9. The monoisotopic (exact) mass is 302 g/mol. The van der Waals surface area contributed by atoms with E-state index in [1.807, 2.05) is 18.2 Å². The first-order valence-corrected chi connectivity index (χ1v) is 6.48. The Bertz CT molecular complexity index is 633. The Labute approximate surface area is 126 Å². The third-order valence-electron chi connectivity index (χ3n) is 2.76. The third kappa shape index (κ3) is 4.24. The fourth-order valence-electron chi connectivity index (χ4n) is 1.77. The van der Waals surface area contributed by atoms with Crippen LogP contribution in [0.2, 0.25) is 0 Å². The Hall–Kier alpha value is -3.02. The maximum absolute atomic E-state index is 11.0. The van der Waals surface area contributed by atoms with Gasteiger partial charge in [-0.15, -0.1) is 0 Å². The van der Waals surface area contributed by atoms with Crippen molar-refractivity contribution in [3.05, 3.63) is 59.7 Å². The first-order chi connectivity index (χ1) is 10.6. The van der Waals surface area contributed by atoms with Crippen molar-refractivity contribution in [3.63, 3.8) is 0 Å². The summed E-state index contributed by atoms with van der Waals surface area (Å²) in [6.07, 6.45) is 0. The normalized spacial score (nSPS) is 10.0. The molecule has 0 spiro atoms. The van der Waals surface area contributed by atoms with Gasteiger partial charge in [-0.05, 0) is 30.3 Å². The second kappa shape index (κ2) is 7.12. The number of rotatable bonds is 7. The molecule has 0 fully saturated rings. The van der Waals surface area contributed by atoms with E-state index in [2.05, 4.69) is 0 Å². The molecule has 114 valence electrons. The lowest BCUT2D eigenvalue weighted by atomic mass is 10.1. The van der Waals surface area contributed by atoms with Gasteiger partial charge in [-0.2, -0.15) is 0 Å². The molecule has 2 aromatic carbocycles. The van der Waals surface area contributed by atoms with Crippen LogP contribution in [0.4, 0.5) is 0 Å². The quantitative estimate of drug-likeness (QED) is 0.763. The molecule has 22 heavy (non-hydrogen) atoms. The van der Waals surface area contributed by atoms with E-state index in [0.29, 0.717) is 5.75 Å². The molecule has 0 heterocycles. The molecule has 0 amide bonds. The lowest BCUT2D eigenvalue weighted by molar-refractivity contribution is 0.0696. The molecule has 0 aliphatic carbocycles. The number of benzene rings is 2. The molecule has 6 nitrogen and oxygen atoms in total. The van der Waals surface area contributed by atoms with Crippen LogP contribution in [0.15, 0.2) is 48.5 Å². The van der Waals surface area contributed by atoms with Gasteiger partial charge in [-0.1, -0.05) is 18.2 Å². The molecule has 0 aliphatic rings. The Morgan fingerprint density at radius 3 is 1.77 bits per heavy atom. The molecule has 2 aromatic rings. The van der Waals surface area contributed by atoms with Crippen LogP contribution in [0.5, 0.6) is 11.5 Å². The van der Waals surface area contributed by atoms with Crippen LogP contribution in [0.25, 0.3) is 0 Å². The number of carboxylic acids is 2. The maximum Gasteiger partial charge on any atom is 0.335 e. The molecule has 2 N–H and O–H groups in total. The molecule has 0 saturated heterocycles. The second-order valence-corrected chi connectivity index (χ2v) is 4.37. The zero-order valence-corrected chi connectivity index (χ0v) is 11.6. The summed E-state index contributed by atoms with van der Waals surface area (Å²) < 4.78 is 10.8. The summed E-state index contributed by atoms with van der Waals surface area (Å²) in [6.45, 7) is 0.417. The third-order valence-corrected chi connectivity index (χ3v) is 2.76. The summed E-state index contributed by atoms with van der Waals surface area (Å²) >= 11 is 0. The zero-order valence-electron chi connectivity index (χ0n) is 11.6. The highest BCUT2D eigenvalue weighted by Crippen LogP contribution is 2.18. The minimum Gasteiger partial charge on any atom is -0.490 e. The van der Waals surface area contributed by atoms with Gasteiger partial charge >= 0.3 is 11.9 Å². The van der Waals surface area contributed by atoms with Crippen LogP contribution in [-0.2, 0) is 0 Å². The first kappa shape index (κ1) is 15.4. The highest BCUT2D eigenvalue weighted by atomic mass is 16.5. The molecular weight excluding hydrogens is 288 g/mol. The molecule has 6 heteroatoms. The van der Waals surface area contributed by atoms with Crippen molar-refractivity contribution >= 4 is 11.9 Å². The topological polar surface area (TPSA) is 93.1 Å². The van der Waals surface area contributed by atoms with Gasteiger partial charge in [-0.25, -0.2) is 9.59 Å². The summed E-state index contributed by atoms with van der Waals surface area (Å²) in [4.78, 5) is 21.9. The van der Waals surface area contributed by atoms with Gasteiger partial charge in [0.25, 0.3) is 0 Å². The highest BCUT2D eigenvalue weighted by molar-refractivity contribution is 5.94. The first-order valence-electron chi connectivity index (χ1n) is 6.48. The lowest BCUT2D eigenvalue weighted by Gasteiger charge is -2.09. The Morgan fingerprint density at radius 1 is 0.773 bits per heavy atom. The predicted octanol–water partition coefficient (Wildman–Crippen LogP) is 2.54. The van der Waals surface area contributed by atoms with Crippen LogP contribution in [0.3, 0.4) is 0 Å². The largest absolute Gasteiger partial charge is 0.490 e. The van der Waals surface area contributed by atoms with Crippen LogP contribution < -0.4 is 9.47 Å². The van der Waals surface area contributed by atoms with E-state index in [1.165, 1.54) is 12.1 Å². The SMILES string of the molecule is O=C(O)c1cc(OCCOc2ccccc2)cc(C(=O)O)c1. The van der Waals surface area contributed by atoms with Gasteiger partial charge in [0.15, 0.2) is 0 Å². The van der Waals surface area contributed by atoms with Crippen molar-refractivity contribution in [2.24, 2.45) is 0 Å². The Morgan fingerprint density at radius 2 is 1.27 bits per heavy atom. The average molecular weight is 302 g/mol. The van der Waals surface area contributed by atoms with Gasteiger partial charge in [0.2, 0.25) is 0 Å². The van der Waals surface area contributed by atoms with Crippen LogP contribution in [0.1, 0.15) is 20.7 Å². The van der Waals surface area contributed by atoms with E-state index in [-0.39, 0.29) is 30.1 Å². The van der Waals surface area contributed by atoms with Gasteiger partial charge in [-0.3, -0.25) is 0 Å². The van der Waals surface area contributed by atoms with Crippen LogP contribution >= 0.6 is 0 Å². The maximum atomic E-state index is 11.0. The number of para-hydroxylation sites is 1. The minimum absolute atomic E-state index is 0.140. The van der Waals surface area contributed by atoms with Gasteiger partial charge in [0.05, 0.1) is 11.1 Å². The van der Waals surface area contributed by atoms with E-state index < -0.39 is 11.9 Å².